The number of nitrogens with one attached hydrogen (secondary N) is 1. The third-order valence-corrected chi connectivity index (χ3v) is 3.77. The average Bonchev–Trinajstić information content (AvgIpc) is 2.80. The topological polar surface area (TPSA) is 56.1 Å². The molecule has 0 saturated carbocycles. The molecule has 2 amide bonds. The lowest BCUT2D eigenvalue weighted by Gasteiger charge is -2.13. The number of carbonyl (C=O) groups is 1. The van der Waals surface area contributed by atoms with Crippen LogP contribution in [0.25, 0.3) is 0 Å². The molecular weight excluding hydrogens is 238 g/mol. The highest BCUT2D eigenvalue weighted by Crippen LogP contribution is 2.24. The van der Waals surface area contributed by atoms with Crippen molar-refractivity contribution in [2.45, 2.75) is 32.2 Å². The van der Waals surface area contributed by atoms with Crippen LogP contribution in [0.4, 0.5) is 4.79 Å². The summed E-state index contributed by atoms with van der Waals surface area (Å²) in [6.07, 6.45) is 1.12. The maximum atomic E-state index is 11.6. The zero-order chi connectivity index (χ0) is 13.8. The smallest absolute Gasteiger partial charge is 0.318 e. The maximum absolute atomic E-state index is 11.6. The van der Waals surface area contributed by atoms with Crippen LogP contribution in [-0.2, 0) is 0 Å². The third-order valence-electron chi connectivity index (χ3n) is 3.77. The molecule has 0 bridgehead atoms. The Kier molecular flexibility index (Phi) is 4.06. The Balaban J connectivity index is 2.08. The zero-order valence-corrected chi connectivity index (χ0v) is 11.4. The highest BCUT2D eigenvalue weighted by molar-refractivity contribution is 5.77. The standard InChI is InChI=1S/C15H19N3O/c1-3-11(2)12-4-6-13(7-5-12)14-10-18(9-8-16)15(19)17-14/h4-7,11,14H,3,9-10H2,1-2H3,(H,17,19). The molecule has 1 aromatic carbocycles. The van der Waals surface area contributed by atoms with Crippen LogP contribution in [-0.4, -0.2) is 24.0 Å². The van der Waals surface area contributed by atoms with Crippen LogP contribution >= 0.6 is 0 Å². The Labute approximate surface area is 114 Å². The molecule has 0 radical (unpaired) electrons. The predicted octanol–water partition coefficient (Wildman–Crippen LogP) is 2.79. The van der Waals surface area contributed by atoms with Crippen LogP contribution in [0.1, 0.15) is 43.4 Å². The summed E-state index contributed by atoms with van der Waals surface area (Å²) in [7, 11) is 0. The van der Waals surface area contributed by atoms with E-state index in [1.165, 1.54) is 10.5 Å². The molecule has 1 aromatic rings. The molecular formula is C15H19N3O. The van der Waals surface area contributed by atoms with Gasteiger partial charge in [0.1, 0.15) is 6.54 Å². The number of hydrogen-bond donors (Lipinski definition) is 1. The second kappa shape index (κ2) is 5.75. The predicted molar refractivity (Wildman–Crippen MR) is 73.6 cm³/mol. The molecule has 1 N–H and O–H groups in total. The van der Waals surface area contributed by atoms with Gasteiger partial charge in [-0.25, -0.2) is 4.79 Å². The number of urea groups is 1. The van der Waals surface area contributed by atoms with E-state index in [1.54, 1.807) is 0 Å². The molecule has 0 aliphatic carbocycles. The van der Waals surface area contributed by atoms with Crippen LogP contribution in [0.3, 0.4) is 0 Å². The van der Waals surface area contributed by atoms with E-state index < -0.39 is 0 Å². The van der Waals surface area contributed by atoms with Crippen LogP contribution in [0.5, 0.6) is 0 Å². The summed E-state index contributed by atoms with van der Waals surface area (Å²) in [6.45, 7) is 5.10. The number of nitriles is 1. The lowest BCUT2D eigenvalue weighted by molar-refractivity contribution is 0.222. The number of amides is 2. The van der Waals surface area contributed by atoms with Crippen molar-refractivity contribution in [1.29, 1.82) is 5.26 Å². The molecule has 1 heterocycles. The van der Waals surface area contributed by atoms with Crippen molar-refractivity contribution < 1.29 is 4.79 Å². The number of rotatable bonds is 4. The molecule has 19 heavy (non-hydrogen) atoms. The summed E-state index contributed by atoms with van der Waals surface area (Å²) in [6, 6.07) is 10.2. The van der Waals surface area contributed by atoms with Gasteiger partial charge in [0.15, 0.2) is 0 Å². The first-order valence-electron chi connectivity index (χ1n) is 6.68. The Hall–Kier alpha value is -2.02. The normalized spacial score (nSPS) is 19.9. The quantitative estimate of drug-likeness (QED) is 0.843. The molecule has 2 unspecified atom stereocenters. The summed E-state index contributed by atoms with van der Waals surface area (Å²) < 4.78 is 0. The van der Waals surface area contributed by atoms with Crippen molar-refractivity contribution in [2.24, 2.45) is 0 Å². The van der Waals surface area contributed by atoms with Gasteiger partial charge < -0.3 is 10.2 Å². The average molecular weight is 257 g/mol. The third kappa shape index (κ3) is 2.87. The fourth-order valence-electron chi connectivity index (χ4n) is 2.29. The monoisotopic (exact) mass is 257 g/mol. The van der Waals surface area contributed by atoms with Crippen LogP contribution in [0.15, 0.2) is 24.3 Å². The molecule has 1 aliphatic rings. The summed E-state index contributed by atoms with van der Waals surface area (Å²) in [5.41, 5.74) is 2.42. The van der Waals surface area contributed by atoms with E-state index >= 15 is 0 Å². The Bertz CT molecular complexity index is 489. The Morgan fingerprint density at radius 1 is 1.47 bits per heavy atom. The van der Waals surface area contributed by atoms with Crippen LogP contribution in [0, 0.1) is 11.3 Å². The second-order valence-electron chi connectivity index (χ2n) is 5.02. The molecule has 4 heteroatoms. The van der Waals surface area contributed by atoms with Gasteiger partial charge in [-0.1, -0.05) is 38.1 Å². The number of carbonyl (C=O) groups excluding carboxylic acids is 1. The molecule has 0 aromatic heterocycles. The first-order valence-corrected chi connectivity index (χ1v) is 6.68. The van der Waals surface area contributed by atoms with Crippen molar-refractivity contribution in [1.82, 2.24) is 10.2 Å². The van der Waals surface area contributed by atoms with Gasteiger partial charge in [0.25, 0.3) is 0 Å². The van der Waals surface area contributed by atoms with Gasteiger partial charge in [-0.15, -0.1) is 0 Å². The van der Waals surface area contributed by atoms with Crippen molar-refractivity contribution in [3.8, 4) is 6.07 Å². The van der Waals surface area contributed by atoms with Gasteiger partial charge in [-0.05, 0) is 23.5 Å². The first-order chi connectivity index (χ1) is 9.15. The van der Waals surface area contributed by atoms with E-state index in [0.29, 0.717) is 12.5 Å². The summed E-state index contributed by atoms with van der Waals surface area (Å²) in [5.74, 6) is 0.558. The van der Waals surface area contributed by atoms with E-state index in [9.17, 15) is 4.79 Å². The van der Waals surface area contributed by atoms with Crippen LogP contribution in [0.2, 0.25) is 0 Å². The highest BCUT2D eigenvalue weighted by Gasteiger charge is 2.29. The summed E-state index contributed by atoms with van der Waals surface area (Å²) >= 11 is 0. The van der Waals surface area contributed by atoms with Crippen molar-refractivity contribution >= 4 is 6.03 Å². The minimum absolute atomic E-state index is 0.00756. The molecule has 1 fully saturated rings. The Morgan fingerprint density at radius 2 is 2.16 bits per heavy atom. The van der Waals surface area contributed by atoms with Gasteiger partial charge in [-0.3, -0.25) is 0 Å². The number of nitrogens with zero attached hydrogens (tertiary/aromatic N) is 2. The molecule has 100 valence electrons. The van der Waals surface area contributed by atoms with Gasteiger partial charge in [0.05, 0.1) is 12.1 Å². The van der Waals surface area contributed by atoms with Crippen molar-refractivity contribution in [2.75, 3.05) is 13.1 Å². The lowest BCUT2D eigenvalue weighted by atomic mass is 9.96. The van der Waals surface area contributed by atoms with E-state index in [-0.39, 0.29) is 18.6 Å². The zero-order valence-electron chi connectivity index (χ0n) is 11.4. The Morgan fingerprint density at radius 3 is 2.74 bits per heavy atom. The summed E-state index contributed by atoms with van der Waals surface area (Å²) in [4.78, 5) is 13.2. The summed E-state index contributed by atoms with van der Waals surface area (Å²) in [5, 5.41) is 11.6. The molecule has 2 atom stereocenters. The largest absolute Gasteiger partial charge is 0.329 e. The molecule has 0 spiro atoms. The van der Waals surface area contributed by atoms with Gasteiger partial charge in [0.2, 0.25) is 0 Å². The van der Waals surface area contributed by atoms with Crippen molar-refractivity contribution in [3.63, 3.8) is 0 Å². The second-order valence-corrected chi connectivity index (χ2v) is 5.02. The minimum atomic E-state index is -0.155. The van der Waals surface area contributed by atoms with Crippen LogP contribution < -0.4 is 5.32 Å². The molecule has 4 nitrogen and oxygen atoms in total. The lowest BCUT2D eigenvalue weighted by Crippen LogP contribution is -2.28. The first kappa shape index (κ1) is 13.4. The highest BCUT2D eigenvalue weighted by atomic mass is 16.2. The maximum Gasteiger partial charge on any atom is 0.318 e. The van der Waals surface area contributed by atoms with Crippen molar-refractivity contribution in [3.05, 3.63) is 35.4 Å². The van der Waals surface area contributed by atoms with Gasteiger partial charge in [0, 0.05) is 6.54 Å². The van der Waals surface area contributed by atoms with E-state index in [1.807, 2.05) is 6.07 Å². The number of benzene rings is 1. The number of hydrogen-bond acceptors (Lipinski definition) is 2. The van der Waals surface area contributed by atoms with E-state index in [2.05, 4.69) is 43.4 Å². The van der Waals surface area contributed by atoms with E-state index in [0.717, 1.165) is 12.0 Å². The fraction of sp³-hybridized carbons (Fsp3) is 0.467. The molecule has 1 saturated heterocycles. The van der Waals surface area contributed by atoms with Gasteiger partial charge in [-0.2, -0.15) is 5.26 Å². The van der Waals surface area contributed by atoms with E-state index in [4.69, 9.17) is 5.26 Å². The minimum Gasteiger partial charge on any atom is -0.329 e. The SMILES string of the molecule is CCC(C)c1ccc(C2CN(CC#N)C(=O)N2)cc1. The molecule has 2 rings (SSSR count). The van der Waals surface area contributed by atoms with Gasteiger partial charge >= 0.3 is 6.03 Å². The molecule has 1 aliphatic heterocycles. The fourth-order valence-corrected chi connectivity index (χ4v) is 2.29.